The topological polar surface area (TPSA) is 61.2 Å². The lowest BCUT2D eigenvalue weighted by Crippen LogP contribution is -2.24. The number of hydrogen-bond donors (Lipinski definition) is 0. The zero-order valence-electron chi connectivity index (χ0n) is 16.9. The Hall–Kier alpha value is -2.12. The zero-order valence-corrected chi connectivity index (χ0v) is 18.5. The fourth-order valence-corrected chi connectivity index (χ4v) is 6.09. The number of carbonyl (C=O) groups excluding carboxylic acids is 1. The van der Waals surface area contributed by atoms with E-state index in [2.05, 4.69) is 0 Å². The van der Waals surface area contributed by atoms with Crippen LogP contribution >= 0.6 is 23.1 Å². The van der Waals surface area contributed by atoms with Crippen molar-refractivity contribution < 1.29 is 9.53 Å². The molecule has 0 N–H and O–H groups in total. The average Bonchev–Trinajstić information content (AvgIpc) is 2.89. The molecule has 0 aliphatic heterocycles. The molecule has 0 saturated heterocycles. The first-order chi connectivity index (χ1) is 14.0. The van der Waals surface area contributed by atoms with E-state index in [0.717, 1.165) is 47.2 Å². The van der Waals surface area contributed by atoms with E-state index in [1.54, 1.807) is 22.8 Å². The number of fused-ring (bicyclic) bond motifs is 3. The van der Waals surface area contributed by atoms with Gasteiger partial charge >= 0.3 is 5.97 Å². The molecule has 29 heavy (non-hydrogen) atoms. The van der Waals surface area contributed by atoms with Crippen LogP contribution in [0.15, 0.2) is 34.2 Å². The summed E-state index contributed by atoms with van der Waals surface area (Å²) in [6, 6.07) is 7.79. The number of rotatable bonds is 4. The third-order valence-electron chi connectivity index (χ3n) is 5.38. The summed E-state index contributed by atoms with van der Waals surface area (Å²) in [4.78, 5) is 32.7. The van der Waals surface area contributed by atoms with Crippen molar-refractivity contribution in [3.8, 4) is 5.69 Å². The van der Waals surface area contributed by atoms with Crippen LogP contribution < -0.4 is 5.56 Å². The molecule has 0 radical (unpaired) electrons. The fraction of sp³-hybridized carbons (Fsp3) is 0.409. The standard InChI is InChI=1S/C22H24N2O3S2/c1-13-9-7-8-11-16(13)24-20(25)18-15-10-5-4-6-12-17(15)29-19(18)23-22(24)28-14(2)21(26)27-3/h7-9,11,14H,4-6,10,12H2,1-3H3/t14-/m1/s1. The maximum Gasteiger partial charge on any atom is 0.318 e. The van der Waals surface area contributed by atoms with Crippen LogP contribution in [-0.2, 0) is 22.4 Å². The Morgan fingerprint density at radius 1 is 1.24 bits per heavy atom. The Morgan fingerprint density at radius 2 is 2.00 bits per heavy atom. The number of nitrogens with zero attached hydrogens (tertiary/aromatic N) is 2. The quantitative estimate of drug-likeness (QED) is 0.261. The summed E-state index contributed by atoms with van der Waals surface area (Å²) in [5.41, 5.74) is 2.94. The highest BCUT2D eigenvalue weighted by atomic mass is 32.2. The molecule has 0 amide bonds. The summed E-state index contributed by atoms with van der Waals surface area (Å²) >= 11 is 2.91. The largest absolute Gasteiger partial charge is 0.468 e. The molecular formula is C22H24N2O3S2. The van der Waals surface area contributed by atoms with Gasteiger partial charge in [0.1, 0.15) is 10.1 Å². The Kier molecular flexibility index (Phi) is 5.79. The second-order valence-electron chi connectivity index (χ2n) is 7.35. The number of carbonyl (C=O) groups is 1. The minimum atomic E-state index is -0.461. The van der Waals surface area contributed by atoms with E-state index in [1.165, 1.54) is 35.7 Å². The van der Waals surface area contributed by atoms with E-state index in [4.69, 9.17) is 9.72 Å². The Bertz CT molecular complexity index is 1130. The molecule has 0 saturated carbocycles. The minimum Gasteiger partial charge on any atom is -0.468 e. The van der Waals surface area contributed by atoms with Crippen LogP contribution in [0.25, 0.3) is 15.9 Å². The average molecular weight is 429 g/mol. The van der Waals surface area contributed by atoms with Crippen molar-refractivity contribution in [2.45, 2.75) is 56.4 Å². The lowest BCUT2D eigenvalue weighted by molar-refractivity contribution is -0.139. The molecule has 1 atom stereocenters. The van der Waals surface area contributed by atoms with Gasteiger partial charge in [0.2, 0.25) is 0 Å². The van der Waals surface area contributed by atoms with Gasteiger partial charge in [0.15, 0.2) is 5.16 Å². The number of hydrogen-bond acceptors (Lipinski definition) is 6. The SMILES string of the molecule is COC(=O)[C@@H](C)Sc1nc2sc3c(c2c(=O)n1-c1ccccc1C)CCCCC3. The van der Waals surface area contributed by atoms with Gasteiger partial charge < -0.3 is 4.74 Å². The second-order valence-corrected chi connectivity index (χ2v) is 9.74. The zero-order chi connectivity index (χ0) is 20.5. The Labute approximate surface area is 178 Å². The first-order valence-corrected chi connectivity index (χ1v) is 11.6. The summed E-state index contributed by atoms with van der Waals surface area (Å²) in [5, 5.41) is 0.828. The monoisotopic (exact) mass is 428 g/mol. The Morgan fingerprint density at radius 3 is 2.76 bits per heavy atom. The smallest absolute Gasteiger partial charge is 0.318 e. The number of esters is 1. The van der Waals surface area contributed by atoms with Crippen LogP contribution in [-0.4, -0.2) is 27.9 Å². The molecule has 1 aliphatic rings. The fourth-order valence-electron chi connectivity index (χ4n) is 3.84. The molecule has 3 aromatic rings. The molecule has 0 bridgehead atoms. The predicted octanol–water partition coefficient (Wildman–Crippen LogP) is 4.68. The van der Waals surface area contributed by atoms with Crippen molar-refractivity contribution in [3.05, 3.63) is 50.6 Å². The van der Waals surface area contributed by atoms with Crippen molar-refractivity contribution in [2.24, 2.45) is 0 Å². The van der Waals surface area contributed by atoms with Crippen molar-refractivity contribution >= 4 is 39.3 Å². The number of thiophene rings is 1. The van der Waals surface area contributed by atoms with Crippen LogP contribution in [0.3, 0.4) is 0 Å². The van der Waals surface area contributed by atoms with Gasteiger partial charge in [0.25, 0.3) is 5.56 Å². The summed E-state index contributed by atoms with van der Waals surface area (Å²) in [7, 11) is 1.38. The van der Waals surface area contributed by atoms with Gasteiger partial charge in [0.05, 0.1) is 18.2 Å². The number of thioether (sulfide) groups is 1. The predicted molar refractivity (Wildman–Crippen MR) is 119 cm³/mol. The van der Waals surface area contributed by atoms with E-state index in [0.29, 0.717) is 5.16 Å². The van der Waals surface area contributed by atoms with Crippen LogP contribution in [0.5, 0.6) is 0 Å². The van der Waals surface area contributed by atoms with E-state index < -0.39 is 5.25 Å². The number of para-hydroxylation sites is 1. The van der Waals surface area contributed by atoms with Gasteiger partial charge in [-0.3, -0.25) is 14.2 Å². The Balaban J connectivity index is 1.98. The van der Waals surface area contributed by atoms with E-state index in [9.17, 15) is 9.59 Å². The van der Waals surface area contributed by atoms with Gasteiger partial charge in [0, 0.05) is 4.88 Å². The molecule has 152 valence electrons. The number of benzene rings is 1. The molecule has 7 heteroatoms. The summed E-state index contributed by atoms with van der Waals surface area (Å²) in [6.07, 6.45) is 5.42. The lowest BCUT2D eigenvalue weighted by Gasteiger charge is -2.16. The molecular weight excluding hydrogens is 404 g/mol. The van der Waals surface area contributed by atoms with E-state index in [-0.39, 0.29) is 11.5 Å². The van der Waals surface area contributed by atoms with Gasteiger partial charge in [-0.1, -0.05) is 36.4 Å². The van der Waals surface area contributed by atoms with Gasteiger partial charge in [-0.2, -0.15) is 0 Å². The summed E-state index contributed by atoms with van der Waals surface area (Å²) in [5.74, 6) is -0.331. The van der Waals surface area contributed by atoms with Gasteiger partial charge in [-0.05, 0) is 56.7 Å². The molecule has 0 unspecified atom stereocenters. The lowest BCUT2D eigenvalue weighted by atomic mass is 10.1. The van der Waals surface area contributed by atoms with Crippen molar-refractivity contribution in [1.82, 2.24) is 9.55 Å². The number of aryl methyl sites for hydroxylation is 3. The van der Waals surface area contributed by atoms with Crippen molar-refractivity contribution in [3.63, 3.8) is 0 Å². The highest BCUT2D eigenvalue weighted by Gasteiger charge is 2.25. The maximum absolute atomic E-state index is 13.8. The van der Waals surface area contributed by atoms with Gasteiger partial charge in [-0.15, -0.1) is 11.3 Å². The van der Waals surface area contributed by atoms with Crippen LogP contribution in [0.2, 0.25) is 0 Å². The normalized spacial score (nSPS) is 15.0. The molecule has 2 aromatic heterocycles. The van der Waals surface area contributed by atoms with Crippen molar-refractivity contribution in [2.75, 3.05) is 7.11 Å². The van der Waals surface area contributed by atoms with Crippen LogP contribution in [0, 0.1) is 6.92 Å². The third-order valence-corrected chi connectivity index (χ3v) is 7.60. The van der Waals surface area contributed by atoms with Crippen LogP contribution in [0.4, 0.5) is 0 Å². The van der Waals surface area contributed by atoms with Crippen LogP contribution in [0.1, 0.15) is 42.2 Å². The summed E-state index contributed by atoms with van der Waals surface area (Å²) < 4.78 is 6.56. The second kappa shape index (κ2) is 8.32. The van der Waals surface area contributed by atoms with Gasteiger partial charge in [-0.25, -0.2) is 4.98 Å². The summed E-state index contributed by atoms with van der Waals surface area (Å²) in [6.45, 7) is 3.76. The number of aromatic nitrogens is 2. The third kappa shape index (κ3) is 3.73. The highest BCUT2D eigenvalue weighted by molar-refractivity contribution is 8.00. The maximum atomic E-state index is 13.8. The van der Waals surface area contributed by atoms with E-state index >= 15 is 0 Å². The van der Waals surface area contributed by atoms with Crippen molar-refractivity contribution in [1.29, 1.82) is 0 Å². The first kappa shape index (κ1) is 20.2. The molecule has 4 rings (SSSR count). The molecule has 2 heterocycles. The number of methoxy groups -OCH3 is 1. The minimum absolute atomic E-state index is 0.0386. The highest BCUT2D eigenvalue weighted by Crippen LogP contribution is 2.35. The molecule has 0 spiro atoms. The number of ether oxygens (including phenoxy) is 1. The molecule has 5 nitrogen and oxygen atoms in total. The molecule has 1 aromatic carbocycles. The molecule has 0 fully saturated rings. The van der Waals surface area contributed by atoms with E-state index in [1.807, 2.05) is 31.2 Å². The molecule has 1 aliphatic carbocycles. The first-order valence-electron chi connectivity index (χ1n) is 9.89.